The van der Waals surface area contributed by atoms with Crippen molar-refractivity contribution < 1.29 is 7.65 Å². The largest absolute Gasteiger partial charge is 0.349 e. The van der Waals surface area contributed by atoms with E-state index in [1.807, 2.05) is 60.8 Å². The van der Waals surface area contributed by atoms with Crippen LogP contribution < -0.4 is 10.6 Å². The Labute approximate surface area is 185 Å². The lowest BCUT2D eigenvalue weighted by Crippen LogP contribution is -2.27. The van der Waals surface area contributed by atoms with Crippen molar-refractivity contribution in [1.82, 2.24) is 10.3 Å². The highest BCUT2D eigenvalue weighted by Gasteiger charge is 2.40. The Morgan fingerprint density at radius 3 is 2.65 bits per heavy atom. The number of carbonyl (C=O) groups excluding carboxylic acids is 1. The van der Waals surface area contributed by atoms with Gasteiger partial charge in [-0.3, -0.25) is 4.79 Å². The van der Waals surface area contributed by atoms with Gasteiger partial charge < -0.3 is 10.6 Å². The first-order chi connectivity index (χ1) is 15.3. The van der Waals surface area contributed by atoms with Gasteiger partial charge in [-0.1, -0.05) is 54.6 Å². The molecule has 0 bridgehead atoms. The molecule has 3 aromatic rings. The lowest BCUT2D eigenvalue weighted by Gasteiger charge is -2.10. The van der Waals surface area contributed by atoms with Crippen LogP contribution in [0.1, 0.15) is 32.5 Å². The molecular formula is C27H29N3O. The number of amides is 1. The van der Waals surface area contributed by atoms with Gasteiger partial charge in [-0.05, 0) is 60.7 Å². The average molecular weight is 412 g/mol. The quantitative estimate of drug-likeness (QED) is 0.495. The first-order valence-electron chi connectivity index (χ1n) is 10.8. The maximum Gasteiger partial charge on any atom is 0.251 e. The van der Waals surface area contributed by atoms with E-state index in [0.717, 1.165) is 41.9 Å². The maximum absolute atomic E-state index is 12.7. The van der Waals surface area contributed by atoms with Crippen LogP contribution in [0.3, 0.4) is 0 Å². The van der Waals surface area contributed by atoms with E-state index in [0.29, 0.717) is 11.5 Å². The van der Waals surface area contributed by atoms with E-state index in [9.17, 15) is 4.79 Å². The van der Waals surface area contributed by atoms with E-state index in [1.165, 1.54) is 5.57 Å². The van der Waals surface area contributed by atoms with Gasteiger partial charge in [-0.15, -0.1) is 0 Å². The molecule has 1 aromatic heterocycles. The number of carbonyl (C=O) groups is 1. The number of rotatable bonds is 6. The van der Waals surface area contributed by atoms with Crippen molar-refractivity contribution in [1.29, 1.82) is 0 Å². The van der Waals surface area contributed by atoms with E-state index < -0.39 is 0 Å². The monoisotopic (exact) mass is 411 g/mol. The molecule has 2 aliphatic rings. The Bertz CT molecular complexity index is 1140. The number of hydrogen-bond acceptors (Lipinski definition) is 3. The summed E-state index contributed by atoms with van der Waals surface area (Å²) in [7, 11) is 0. The Hall–Kier alpha value is -3.66. The van der Waals surface area contributed by atoms with Crippen molar-refractivity contribution in [3.05, 3.63) is 102 Å². The van der Waals surface area contributed by atoms with Gasteiger partial charge in [-0.2, -0.15) is 0 Å². The Kier molecular flexibility index (Phi) is 5.36. The van der Waals surface area contributed by atoms with Crippen LogP contribution in [0.5, 0.6) is 0 Å². The first-order valence-corrected chi connectivity index (χ1v) is 10.8. The molecule has 1 heterocycles. The van der Waals surface area contributed by atoms with Crippen LogP contribution in [0, 0.1) is 5.92 Å². The van der Waals surface area contributed by atoms with Gasteiger partial charge in [0.1, 0.15) is 5.82 Å². The van der Waals surface area contributed by atoms with Crippen LogP contribution in [0.15, 0.2) is 96.7 Å². The highest BCUT2D eigenvalue weighted by molar-refractivity contribution is 5.95. The second-order valence-corrected chi connectivity index (χ2v) is 8.11. The molecule has 0 saturated heterocycles. The molecule has 0 aliphatic heterocycles. The molecule has 1 fully saturated rings. The van der Waals surface area contributed by atoms with Crippen molar-refractivity contribution in [2.24, 2.45) is 5.92 Å². The fourth-order valence-electron chi connectivity index (χ4n) is 4.04. The van der Waals surface area contributed by atoms with E-state index in [-0.39, 0.29) is 14.8 Å². The van der Waals surface area contributed by atoms with Crippen LogP contribution in [0.2, 0.25) is 0 Å². The summed E-state index contributed by atoms with van der Waals surface area (Å²) >= 11 is 0. The molecule has 2 atom stereocenters. The fourth-order valence-corrected chi connectivity index (χ4v) is 4.04. The second kappa shape index (κ2) is 8.60. The average Bonchev–Trinajstić information content (AvgIpc) is 3.60. The van der Waals surface area contributed by atoms with Crippen LogP contribution in [0.25, 0.3) is 11.1 Å². The fraction of sp³-hybridized carbons (Fsp3) is 0.185. The molecular weight excluding hydrogens is 382 g/mol. The molecule has 5 rings (SSSR count). The molecule has 2 aromatic carbocycles. The zero-order valence-corrected chi connectivity index (χ0v) is 17.3. The summed E-state index contributed by atoms with van der Waals surface area (Å²) < 4.78 is 0. The highest BCUT2D eigenvalue weighted by atomic mass is 16.1. The first kappa shape index (κ1) is 19.3. The molecule has 2 aliphatic carbocycles. The molecule has 2 N–H and O–H groups in total. The molecule has 0 unspecified atom stereocenters. The molecule has 1 saturated carbocycles. The van der Waals surface area contributed by atoms with Crippen molar-refractivity contribution in [3.8, 4) is 11.1 Å². The van der Waals surface area contributed by atoms with Gasteiger partial charge in [-0.25, -0.2) is 4.98 Å². The SMILES string of the molecule is O=C(N[C@@H]1C[C@H]1C1=CCCC=C1)c1cccc(Nc2ccc(-c3ccccc3)cn2)c1.[HH].[HH]. The number of allylic oxidation sites excluding steroid dienone is 3. The molecule has 1 amide bonds. The summed E-state index contributed by atoms with van der Waals surface area (Å²) in [6.45, 7) is 0. The van der Waals surface area contributed by atoms with Gasteiger partial charge in [0.25, 0.3) is 5.91 Å². The Morgan fingerprint density at radius 2 is 1.87 bits per heavy atom. The van der Waals surface area contributed by atoms with Gasteiger partial charge in [0.15, 0.2) is 0 Å². The number of nitrogens with zero attached hydrogens (tertiary/aromatic N) is 1. The lowest BCUT2D eigenvalue weighted by atomic mass is 10.0. The number of aromatic nitrogens is 1. The molecule has 0 radical (unpaired) electrons. The maximum atomic E-state index is 12.7. The third-order valence-electron chi connectivity index (χ3n) is 5.83. The summed E-state index contributed by atoms with van der Waals surface area (Å²) in [5.41, 5.74) is 5.08. The third kappa shape index (κ3) is 4.58. The molecule has 4 heteroatoms. The molecule has 158 valence electrons. The molecule has 0 spiro atoms. The van der Waals surface area contributed by atoms with Crippen molar-refractivity contribution in [3.63, 3.8) is 0 Å². The van der Waals surface area contributed by atoms with Crippen molar-refractivity contribution in [2.45, 2.75) is 25.3 Å². The lowest BCUT2D eigenvalue weighted by molar-refractivity contribution is 0.0950. The normalized spacial score (nSPS) is 19.4. The highest BCUT2D eigenvalue weighted by Crippen LogP contribution is 2.39. The van der Waals surface area contributed by atoms with Gasteiger partial charge in [0.2, 0.25) is 0 Å². The van der Waals surface area contributed by atoms with Crippen molar-refractivity contribution in [2.75, 3.05) is 5.32 Å². The van der Waals surface area contributed by atoms with Gasteiger partial charge in [0, 0.05) is 37.8 Å². The minimum absolute atomic E-state index is 0. The smallest absolute Gasteiger partial charge is 0.251 e. The zero-order chi connectivity index (χ0) is 21.0. The van der Waals surface area contributed by atoms with E-state index in [4.69, 9.17) is 0 Å². The number of anilines is 2. The summed E-state index contributed by atoms with van der Waals surface area (Å²) in [6.07, 6.45) is 11.8. The topological polar surface area (TPSA) is 54.0 Å². The van der Waals surface area contributed by atoms with Crippen LogP contribution in [0.4, 0.5) is 11.5 Å². The summed E-state index contributed by atoms with van der Waals surface area (Å²) in [5, 5.41) is 6.48. The zero-order valence-electron chi connectivity index (χ0n) is 17.3. The predicted octanol–water partition coefficient (Wildman–Crippen LogP) is 6.38. The number of pyridine rings is 1. The second-order valence-electron chi connectivity index (χ2n) is 8.11. The van der Waals surface area contributed by atoms with E-state index in [1.54, 1.807) is 0 Å². The Morgan fingerprint density at radius 1 is 0.968 bits per heavy atom. The van der Waals surface area contributed by atoms with E-state index in [2.05, 4.69) is 46.0 Å². The third-order valence-corrected chi connectivity index (χ3v) is 5.83. The number of nitrogens with one attached hydrogen (secondary N) is 2. The summed E-state index contributed by atoms with van der Waals surface area (Å²) in [4.78, 5) is 17.3. The van der Waals surface area contributed by atoms with Gasteiger partial charge in [0.05, 0.1) is 0 Å². The minimum Gasteiger partial charge on any atom is -0.349 e. The van der Waals surface area contributed by atoms with E-state index >= 15 is 0 Å². The molecule has 31 heavy (non-hydrogen) atoms. The van der Waals surface area contributed by atoms with Gasteiger partial charge >= 0.3 is 0 Å². The van der Waals surface area contributed by atoms with Crippen LogP contribution in [-0.4, -0.2) is 16.9 Å². The summed E-state index contributed by atoms with van der Waals surface area (Å²) in [5.74, 6) is 1.19. The molecule has 4 nitrogen and oxygen atoms in total. The number of benzene rings is 2. The van der Waals surface area contributed by atoms with Crippen molar-refractivity contribution >= 4 is 17.4 Å². The van der Waals surface area contributed by atoms with Crippen LogP contribution >= 0.6 is 0 Å². The Balaban J connectivity index is 0.00000153. The standard InChI is InChI=1S/C27H25N3O.2H2/c31-27(30-25-17-24(25)20-10-5-2-6-11-20)21-12-7-13-23(16-21)29-26-15-14-22(18-28-26)19-8-3-1-4-9-19;;/h1,3-5,7-16,18,24-25H,2,6,17H2,(H,28,29)(H,30,31);2*1H/t24-,25+;;/m0../s1. The minimum atomic E-state index is -0.0241. The predicted molar refractivity (Wildman–Crippen MR) is 129 cm³/mol. The van der Waals surface area contributed by atoms with Crippen LogP contribution in [-0.2, 0) is 0 Å². The summed E-state index contributed by atoms with van der Waals surface area (Å²) in [6, 6.07) is 22.0. The number of hydrogen-bond donors (Lipinski definition) is 2.